The van der Waals surface area contributed by atoms with Gasteiger partial charge in [0.25, 0.3) is 0 Å². The summed E-state index contributed by atoms with van der Waals surface area (Å²) in [7, 11) is 0. The van der Waals surface area contributed by atoms with E-state index in [1.807, 2.05) is 19.1 Å². The van der Waals surface area contributed by atoms with E-state index >= 15 is 0 Å². The highest BCUT2D eigenvalue weighted by Crippen LogP contribution is 2.04. The summed E-state index contributed by atoms with van der Waals surface area (Å²) >= 11 is 0. The highest BCUT2D eigenvalue weighted by Gasteiger charge is 1.96. The number of allylic oxidation sites excluding steroid dienone is 1. The maximum absolute atomic E-state index is 3.80. The lowest BCUT2D eigenvalue weighted by Crippen LogP contribution is -1.91. The van der Waals surface area contributed by atoms with Crippen LogP contribution in [-0.2, 0) is 0 Å². The fraction of sp³-hybridized carbons (Fsp3) is 0.333. The molecule has 1 heteroatoms. The van der Waals surface area contributed by atoms with Crippen molar-refractivity contribution in [3.05, 3.63) is 18.7 Å². The van der Waals surface area contributed by atoms with E-state index in [1.54, 1.807) is 6.21 Å². The molecule has 0 aliphatic carbocycles. The molecule has 0 aromatic heterocycles. The molecule has 1 heterocycles. The summed E-state index contributed by atoms with van der Waals surface area (Å²) in [6.07, 6.45) is 5.72. The molecule has 0 amide bonds. The van der Waals surface area contributed by atoms with Crippen LogP contribution >= 0.6 is 0 Å². The van der Waals surface area contributed by atoms with Gasteiger partial charge in [0, 0.05) is 12.1 Å². The predicted octanol–water partition coefficient (Wildman–Crippen LogP) is 1.30. The van der Waals surface area contributed by atoms with E-state index in [2.05, 4.69) is 11.5 Å². The molecule has 0 aromatic rings. The van der Waals surface area contributed by atoms with Crippen LogP contribution in [0.3, 0.4) is 0 Å². The van der Waals surface area contributed by atoms with Gasteiger partial charge in [-0.1, -0.05) is 13.0 Å². The molecule has 0 fully saturated rings. The molecule has 0 saturated carbocycles. The van der Waals surface area contributed by atoms with Crippen LogP contribution in [0.2, 0.25) is 0 Å². The van der Waals surface area contributed by atoms with Crippen LogP contribution in [0.25, 0.3) is 0 Å². The Hall–Kier alpha value is -0.590. The number of hydrogen-bond donors (Lipinski definition) is 0. The lowest BCUT2D eigenvalue weighted by atomic mass is 10.1. The van der Waals surface area contributed by atoms with E-state index in [9.17, 15) is 0 Å². The SMILES string of the molecule is CC1[C]N=CC=C1. The molecular formula is C6H7N. The zero-order valence-corrected chi connectivity index (χ0v) is 4.26. The van der Waals surface area contributed by atoms with E-state index in [1.165, 1.54) is 0 Å². The van der Waals surface area contributed by atoms with Crippen LogP contribution in [-0.4, -0.2) is 6.21 Å². The van der Waals surface area contributed by atoms with Crippen LogP contribution in [0.1, 0.15) is 6.92 Å². The second kappa shape index (κ2) is 1.92. The summed E-state index contributed by atoms with van der Waals surface area (Å²) < 4.78 is 0. The standard InChI is InChI=1S/C6H7N/c1-6-3-2-4-7-5-6/h2-4,6H,1H3. The Bertz CT molecular complexity index is 103. The van der Waals surface area contributed by atoms with Gasteiger partial charge in [0.2, 0.25) is 0 Å². The lowest BCUT2D eigenvalue weighted by molar-refractivity contribution is 0.835. The Morgan fingerprint density at radius 2 is 2.57 bits per heavy atom. The van der Waals surface area contributed by atoms with Crippen molar-refractivity contribution in [1.29, 1.82) is 0 Å². The predicted molar refractivity (Wildman–Crippen MR) is 30.0 cm³/mol. The minimum atomic E-state index is 0.407. The summed E-state index contributed by atoms with van der Waals surface area (Å²) in [6, 6.07) is 0. The molecule has 1 rings (SSSR count). The zero-order chi connectivity index (χ0) is 5.11. The second-order valence-electron chi connectivity index (χ2n) is 1.58. The van der Waals surface area contributed by atoms with Crippen LogP contribution < -0.4 is 0 Å². The van der Waals surface area contributed by atoms with E-state index in [0.29, 0.717) is 5.92 Å². The van der Waals surface area contributed by atoms with Crippen molar-refractivity contribution in [3.63, 3.8) is 0 Å². The first kappa shape index (κ1) is 4.57. The van der Waals surface area contributed by atoms with Crippen molar-refractivity contribution in [2.75, 3.05) is 0 Å². The van der Waals surface area contributed by atoms with Gasteiger partial charge in [-0.3, -0.25) is 4.99 Å². The number of dihydropyridines is 1. The number of aliphatic imine (C=N–C) groups is 1. The average molecular weight is 93.1 g/mol. The third-order valence-corrected chi connectivity index (χ3v) is 0.839. The van der Waals surface area contributed by atoms with E-state index in [-0.39, 0.29) is 0 Å². The summed E-state index contributed by atoms with van der Waals surface area (Å²) in [5.41, 5.74) is 0. The Kier molecular flexibility index (Phi) is 1.25. The second-order valence-corrected chi connectivity index (χ2v) is 1.58. The van der Waals surface area contributed by atoms with E-state index in [4.69, 9.17) is 0 Å². The molecule has 0 saturated heterocycles. The van der Waals surface area contributed by atoms with Crippen LogP contribution in [0, 0.1) is 12.5 Å². The Morgan fingerprint density at radius 1 is 1.71 bits per heavy atom. The fourth-order valence-corrected chi connectivity index (χ4v) is 0.463. The first-order valence-electron chi connectivity index (χ1n) is 2.35. The van der Waals surface area contributed by atoms with Crippen molar-refractivity contribution in [2.45, 2.75) is 6.92 Å². The highest BCUT2D eigenvalue weighted by atomic mass is 14.7. The van der Waals surface area contributed by atoms with Gasteiger partial charge in [0.1, 0.15) is 6.54 Å². The van der Waals surface area contributed by atoms with Gasteiger partial charge in [-0.05, 0) is 6.08 Å². The molecule has 1 unspecified atom stereocenters. The van der Waals surface area contributed by atoms with Gasteiger partial charge < -0.3 is 0 Å². The van der Waals surface area contributed by atoms with Gasteiger partial charge in [-0.15, -0.1) is 0 Å². The smallest absolute Gasteiger partial charge is 0.123 e. The molecule has 0 spiro atoms. The first-order valence-corrected chi connectivity index (χ1v) is 2.35. The molecule has 0 bridgehead atoms. The maximum atomic E-state index is 3.80. The summed E-state index contributed by atoms with van der Waals surface area (Å²) in [5.74, 6) is 0.407. The monoisotopic (exact) mass is 93.1 g/mol. The van der Waals surface area contributed by atoms with Crippen molar-refractivity contribution >= 4 is 6.21 Å². The molecule has 1 aliphatic heterocycles. The summed E-state index contributed by atoms with van der Waals surface area (Å²) in [5, 5.41) is 0. The topological polar surface area (TPSA) is 12.4 Å². The van der Waals surface area contributed by atoms with Crippen molar-refractivity contribution in [3.8, 4) is 0 Å². The fourth-order valence-electron chi connectivity index (χ4n) is 0.463. The summed E-state index contributed by atoms with van der Waals surface area (Å²) in [4.78, 5) is 3.80. The first-order chi connectivity index (χ1) is 3.39. The minimum Gasteiger partial charge on any atom is -0.281 e. The zero-order valence-electron chi connectivity index (χ0n) is 4.26. The Labute approximate surface area is 43.8 Å². The van der Waals surface area contributed by atoms with Crippen molar-refractivity contribution in [2.24, 2.45) is 10.9 Å². The number of hydrogen-bond acceptors (Lipinski definition) is 1. The average Bonchev–Trinajstić information content (AvgIpc) is 1.69. The molecule has 7 heavy (non-hydrogen) atoms. The lowest BCUT2D eigenvalue weighted by Gasteiger charge is -1.99. The maximum Gasteiger partial charge on any atom is 0.123 e. The van der Waals surface area contributed by atoms with Crippen LogP contribution in [0.15, 0.2) is 17.1 Å². The molecule has 1 aliphatic rings. The molecule has 1 nitrogen and oxygen atoms in total. The van der Waals surface area contributed by atoms with Gasteiger partial charge in [-0.25, -0.2) is 0 Å². The van der Waals surface area contributed by atoms with E-state index < -0.39 is 0 Å². The quantitative estimate of drug-likeness (QED) is 0.428. The normalized spacial score (nSPS) is 28.4. The van der Waals surface area contributed by atoms with Gasteiger partial charge in [0.05, 0.1) is 0 Å². The number of rotatable bonds is 0. The highest BCUT2D eigenvalue weighted by molar-refractivity contribution is 5.72. The van der Waals surface area contributed by atoms with Gasteiger partial charge >= 0.3 is 0 Å². The van der Waals surface area contributed by atoms with Crippen molar-refractivity contribution < 1.29 is 0 Å². The third-order valence-electron chi connectivity index (χ3n) is 0.839. The molecule has 0 N–H and O–H groups in total. The summed E-state index contributed by atoms with van der Waals surface area (Å²) in [6.45, 7) is 4.91. The molecular weight excluding hydrogens is 86.1 g/mol. The minimum absolute atomic E-state index is 0.407. The van der Waals surface area contributed by atoms with E-state index in [0.717, 1.165) is 0 Å². The Morgan fingerprint density at radius 3 is 2.86 bits per heavy atom. The number of nitrogens with zero attached hydrogens (tertiary/aromatic N) is 1. The molecule has 36 valence electrons. The van der Waals surface area contributed by atoms with Crippen molar-refractivity contribution in [1.82, 2.24) is 0 Å². The van der Waals surface area contributed by atoms with Gasteiger partial charge in [0.15, 0.2) is 0 Å². The Balaban J connectivity index is 2.49. The van der Waals surface area contributed by atoms with Crippen LogP contribution in [0.4, 0.5) is 0 Å². The third kappa shape index (κ3) is 1.15. The van der Waals surface area contributed by atoms with Crippen LogP contribution in [0.5, 0.6) is 0 Å². The molecule has 2 radical (unpaired) electrons. The molecule has 1 atom stereocenters. The molecule has 0 aromatic carbocycles. The largest absolute Gasteiger partial charge is 0.281 e. The van der Waals surface area contributed by atoms with Gasteiger partial charge in [-0.2, -0.15) is 0 Å².